The Hall–Kier alpha value is -3.90. The van der Waals surface area contributed by atoms with Gasteiger partial charge >= 0.3 is 6.09 Å². The molecule has 0 spiro atoms. The summed E-state index contributed by atoms with van der Waals surface area (Å²) in [4.78, 5) is 19.1. The van der Waals surface area contributed by atoms with Gasteiger partial charge in [-0.1, -0.05) is 17.3 Å². The third-order valence-corrected chi connectivity index (χ3v) is 7.88. The van der Waals surface area contributed by atoms with Gasteiger partial charge in [0.05, 0.1) is 30.0 Å². The van der Waals surface area contributed by atoms with E-state index >= 15 is 0 Å². The molecule has 9 heteroatoms. The van der Waals surface area contributed by atoms with Crippen molar-refractivity contribution >= 4 is 17.6 Å². The molecule has 1 unspecified atom stereocenters. The van der Waals surface area contributed by atoms with Crippen LogP contribution >= 0.6 is 0 Å². The number of carbonyl (C=O) groups excluding carboxylic acids is 1. The van der Waals surface area contributed by atoms with Gasteiger partial charge in [-0.05, 0) is 35.7 Å². The Morgan fingerprint density at radius 2 is 2.06 bits per heavy atom. The van der Waals surface area contributed by atoms with Crippen LogP contribution in [0.2, 0.25) is 0 Å². The molecule has 7 rings (SSSR count). The fourth-order valence-corrected chi connectivity index (χ4v) is 6.09. The summed E-state index contributed by atoms with van der Waals surface area (Å²) in [6, 6.07) is 14.4. The highest BCUT2D eigenvalue weighted by molar-refractivity contribution is 5.94. The first kappa shape index (κ1) is 19.6. The number of carbonyl (C=O) groups is 1. The molecule has 3 aliphatic heterocycles. The Bertz CT molecular complexity index is 1310. The van der Waals surface area contributed by atoms with Crippen LogP contribution in [0.1, 0.15) is 11.3 Å². The van der Waals surface area contributed by atoms with Gasteiger partial charge in [0.2, 0.25) is 0 Å². The Balaban J connectivity index is 1.11. The Morgan fingerprint density at radius 1 is 1.21 bits per heavy atom. The van der Waals surface area contributed by atoms with Gasteiger partial charge in [0.15, 0.2) is 5.82 Å². The second-order valence-corrected chi connectivity index (χ2v) is 9.46. The molecule has 5 heterocycles. The van der Waals surface area contributed by atoms with E-state index in [1.807, 2.05) is 24.4 Å². The third kappa shape index (κ3) is 2.66. The number of amides is 1. The van der Waals surface area contributed by atoms with E-state index < -0.39 is 5.41 Å². The predicted molar refractivity (Wildman–Crippen MR) is 122 cm³/mol. The maximum atomic E-state index is 12.6. The van der Waals surface area contributed by atoms with Crippen LogP contribution in [-0.4, -0.2) is 48.0 Å². The van der Waals surface area contributed by atoms with Crippen LogP contribution in [0.15, 0.2) is 53.4 Å². The summed E-state index contributed by atoms with van der Waals surface area (Å²) in [6.07, 6.45) is 3.49. The highest BCUT2D eigenvalue weighted by Crippen LogP contribution is 2.60. The average molecular weight is 454 g/mol. The maximum absolute atomic E-state index is 12.6. The number of anilines is 2. The van der Waals surface area contributed by atoms with Crippen LogP contribution in [-0.2, 0) is 16.6 Å². The number of nitrogens with zero attached hydrogens (tertiary/aromatic N) is 4. The number of benzene rings is 1. The van der Waals surface area contributed by atoms with Crippen molar-refractivity contribution in [3.8, 4) is 17.2 Å². The van der Waals surface area contributed by atoms with Crippen LogP contribution in [0.5, 0.6) is 0 Å². The van der Waals surface area contributed by atoms with Crippen molar-refractivity contribution in [1.29, 1.82) is 5.26 Å². The van der Waals surface area contributed by atoms with Gasteiger partial charge in [-0.3, -0.25) is 9.88 Å². The number of fused-ring (bicyclic) bond motifs is 4. The number of ether oxygens (including phenoxy) is 1. The normalized spacial score (nSPS) is 30.3. The molecule has 2 aromatic heterocycles. The fourth-order valence-electron chi connectivity index (χ4n) is 6.09. The van der Waals surface area contributed by atoms with E-state index in [0.29, 0.717) is 24.2 Å². The number of aromatic nitrogens is 2. The molecule has 5 atom stereocenters. The predicted octanol–water partition coefficient (Wildman–Crippen LogP) is 2.71. The molecule has 1 amide bonds. The van der Waals surface area contributed by atoms with Crippen LogP contribution in [0.4, 0.5) is 16.3 Å². The van der Waals surface area contributed by atoms with Crippen molar-refractivity contribution < 1.29 is 14.1 Å². The molecule has 0 bridgehead atoms. The lowest BCUT2D eigenvalue weighted by atomic mass is 9.95. The zero-order valence-electron chi connectivity index (χ0n) is 18.3. The van der Waals surface area contributed by atoms with Crippen molar-refractivity contribution in [3.63, 3.8) is 0 Å². The Kier molecular flexibility index (Phi) is 4.05. The number of cyclic esters (lactones) is 1. The van der Waals surface area contributed by atoms with E-state index in [2.05, 4.69) is 34.0 Å². The summed E-state index contributed by atoms with van der Waals surface area (Å²) in [7, 11) is 0. The van der Waals surface area contributed by atoms with Crippen molar-refractivity contribution in [2.24, 2.45) is 11.8 Å². The zero-order chi connectivity index (χ0) is 22.9. The zero-order valence-corrected chi connectivity index (χ0v) is 18.3. The second kappa shape index (κ2) is 7.05. The van der Waals surface area contributed by atoms with Crippen LogP contribution < -0.4 is 15.5 Å². The summed E-state index contributed by atoms with van der Waals surface area (Å²) in [5.41, 5.74) is 4.51. The Labute approximate surface area is 195 Å². The summed E-state index contributed by atoms with van der Waals surface area (Å²) >= 11 is 0. The second-order valence-electron chi connectivity index (χ2n) is 9.46. The number of nitriles is 1. The van der Waals surface area contributed by atoms with Crippen molar-refractivity contribution in [1.82, 2.24) is 15.5 Å². The van der Waals surface area contributed by atoms with Crippen LogP contribution in [0.3, 0.4) is 0 Å². The fraction of sp³-hybridized carbons (Fsp3) is 0.360. The Morgan fingerprint density at radius 3 is 2.79 bits per heavy atom. The highest BCUT2D eigenvalue weighted by atomic mass is 16.6. The van der Waals surface area contributed by atoms with E-state index in [0.717, 1.165) is 47.6 Å². The van der Waals surface area contributed by atoms with E-state index in [9.17, 15) is 10.1 Å². The molecule has 1 aliphatic carbocycles. The molecule has 2 saturated heterocycles. The first-order valence-corrected chi connectivity index (χ1v) is 11.5. The van der Waals surface area contributed by atoms with Gasteiger partial charge in [-0.15, -0.1) is 0 Å². The third-order valence-electron chi connectivity index (χ3n) is 7.88. The molecule has 1 saturated carbocycles. The first-order chi connectivity index (χ1) is 16.7. The molecular formula is C25H22N6O3. The van der Waals surface area contributed by atoms with Crippen molar-refractivity contribution in [3.05, 3.63) is 60.1 Å². The minimum atomic E-state index is -0.429. The molecule has 4 aliphatic rings. The highest BCUT2D eigenvalue weighted by Gasteiger charge is 2.69. The largest absolute Gasteiger partial charge is 0.442 e. The van der Waals surface area contributed by atoms with E-state index in [1.54, 1.807) is 11.0 Å². The number of pyridine rings is 1. The quantitative estimate of drug-likeness (QED) is 0.605. The van der Waals surface area contributed by atoms with Crippen molar-refractivity contribution in [2.45, 2.75) is 24.0 Å². The molecule has 3 aromatic rings. The van der Waals surface area contributed by atoms with Gasteiger partial charge in [0.1, 0.15) is 17.8 Å². The maximum Gasteiger partial charge on any atom is 0.415 e. The molecule has 0 radical (unpaired) electrons. The number of hydrogen-bond donors (Lipinski definition) is 2. The number of nitrogens with one attached hydrogen (secondary N) is 2. The van der Waals surface area contributed by atoms with Crippen LogP contribution in [0, 0.1) is 23.2 Å². The molecule has 3 fully saturated rings. The van der Waals surface area contributed by atoms with Gasteiger partial charge < -0.3 is 19.9 Å². The molecule has 170 valence electrons. The standard InChI is InChI=1S/C25H22N6O3/c26-13-25(17-10-27-11-18(17)25)22-4-2-15(9-28-22)14-1-3-19-16(7-14)8-20-21(34-24(32)31(19)20)12-29-23-5-6-33-30-23/h1-7,9,17-18,20-21,27H,8,10-12H2,(H,29,30)/t17-,18+,20-,21-,25?/m0/s1. The van der Waals surface area contributed by atoms with Gasteiger partial charge in [-0.2, -0.15) is 5.26 Å². The number of hydrogen-bond acceptors (Lipinski definition) is 8. The van der Waals surface area contributed by atoms with E-state index in [1.165, 1.54) is 6.26 Å². The molecule has 1 aromatic carbocycles. The minimum Gasteiger partial charge on any atom is -0.442 e. The van der Waals surface area contributed by atoms with E-state index in [4.69, 9.17) is 14.2 Å². The summed E-state index contributed by atoms with van der Waals surface area (Å²) < 4.78 is 10.5. The van der Waals surface area contributed by atoms with Crippen molar-refractivity contribution in [2.75, 3.05) is 29.9 Å². The molecular weight excluding hydrogens is 432 g/mol. The van der Waals surface area contributed by atoms with E-state index in [-0.39, 0.29) is 18.2 Å². The lowest BCUT2D eigenvalue weighted by Crippen LogP contribution is -2.36. The number of piperidine rings is 1. The average Bonchev–Trinajstić information content (AvgIpc) is 3.48. The van der Waals surface area contributed by atoms with Gasteiger partial charge in [-0.25, -0.2) is 4.79 Å². The topological polar surface area (TPSA) is 116 Å². The summed E-state index contributed by atoms with van der Waals surface area (Å²) in [5, 5.41) is 20.2. The van der Waals surface area contributed by atoms with Gasteiger partial charge in [0, 0.05) is 42.8 Å². The van der Waals surface area contributed by atoms with Crippen LogP contribution in [0.25, 0.3) is 11.1 Å². The first-order valence-electron chi connectivity index (χ1n) is 11.5. The SMILES string of the molecule is N#CC1(c2ccc(-c3ccc4c(c3)C[C@H]3[C@H](CNc5ccon5)OC(=O)N43)cn2)[C@@H]2CNC[C@@H]21. The summed E-state index contributed by atoms with van der Waals surface area (Å²) in [6.45, 7) is 2.24. The monoisotopic (exact) mass is 454 g/mol. The summed E-state index contributed by atoms with van der Waals surface area (Å²) in [5.74, 6) is 1.36. The molecule has 9 nitrogen and oxygen atoms in total. The van der Waals surface area contributed by atoms with Gasteiger partial charge in [0.25, 0.3) is 0 Å². The minimum absolute atomic E-state index is 0.0592. The lowest BCUT2D eigenvalue weighted by molar-refractivity contribution is 0.137. The molecule has 34 heavy (non-hydrogen) atoms. The lowest BCUT2D eigenvalue weighted by Gasteiger charge is -2.16. The molecule has 2 N–H and O–H groups in total. The smallest absolute Gasteiger partial charge is 0.415 e. The number of rotatable bonds is 5.